The van der Waals surface area contributed by atoms with E-state index in [0.717, 1.165) is 58.4 Å². The molecule has 2 aliphatic rings. The van der Waals surface area contributed by atoms with Crippen LogP contribution in [-0.2, 0) is 4.79 Å². The van der Waals surface area contributed by atoms with Gasteiger partial charge in [0.2, 0.25) is 5.91 Å². The molecule has 1 unspecified atom stereocenters. The van der Waals surface area contributed by atoms with Crippen LogP contribution in [0.1, 0.15) is 32.6 Å². The van der Waals surface area contributed by atoms with Crippen LogP contribution in [0, 0.1) is 12.3 Å². The maximum absolute atomic E-state index is 12.2. The fraction of sp³-hybridized carbons (Fsp3) is 0.800. The summed E-state index contributed by atoms with van der Waals surface area (Å²) < 4.78 is 0. The number of hydrogen-bond acceptors (Lipinski definition) is 3. The number of nitrogens with zero attached hydrogens (tertiary/aromatic N) is 2. The zero-order valence-electron chi connectivity index (χ0n) is 11.9. The highest BCUT2D eigenvalue weighted by molar-refractivity contribution is 5.81. The Morgan fingerprint density at radius 2 is 1.95 bits per heavy atom. The predicted octanol–water partition coefficient (Wildman–Crippen LogP) is 0.684. The number of carbonyl (C=O) groups is 1. The second-order valence-electron chi connectivity index (χ2n) is 5.68. The van der Waals surface area contributed by atoms with E-state index in [1.54, 1.807) is 0 Å². The molecule has 2 heterocycles. The van der Waals surface area contributed by atoms with Crippen molar-refractivity contribution in [1.29, 1.82) is 0 Å². The van der Waals surface area contributed by atoms with Gasteiger partial charge >= 0.3 is 0 Å². The smallest absolute Gasteiger partial charge is 0.239 e. The molecule has 106 valence electrons. The van der Waals surface area contributed by atoms with Gasteiger partial charge in [0.1, 0.15) is 0 Å². The zero-order chi connectivity index (χ0) is 13.7. The van der Waals surface area contributed by atoms with Crippen molar-refractivity contribution >= 4 is 5.91 Å². The summed E-state index contributed by atoms with van der Waals surface area (Å²) >= 11 is 0. The van der Waals surface area contributed by atoms with Gasteiger partial charge in [-0.1, -0.05) is 5.92 Å². The molecule has 2 saturated heterocycles. The van der Waals surface area contributed by atoms with Crippen molar-refractivity contribution in [2.45, 2.75) is 44.7 Å². The summed E-state index contributed by atoms with van der Waals surface area (Å²) in [6, 6.07) is 0.401. The Bertz CT molecular complexity index is 336. The average Bonchev–Trinajstić information content (AvgIpc) is 2.94. The lowest BCUT2D eigenvalue weighted by Crippen LogP contribution is -2.50. The predicted molar refractivity (Wildman–Crippen MR) is 76.7 cm³/mol. The quantitative estimate of drug-likeness (QED) is 0.758. The fourth-order valence-corrected chi connectivity index (χ4v) is 3.02. The highest BCUT2D eigenvalue weighted by Gasteiger charge is 2.26. The first-order valence-electron chi connectivity index (χ1n) is 7.41. The molecule has 19 heavy (non-hydrogen) atoms. The number of terminal acetylenes is 1. The lowest BCUT2D eigenvalue weighted by Gasteiger charge is -2.33. The first kappa shape index (κ1) is 14.4. The number of likely N-dealkylation sites (tertiary alicyclic amines) is 2. The molecule has 2 aliphatic heterocycles. The SMILES string of the molecule is C#CCN1CCC(NC(C)C(=O)N2CCCC2)CC1. The molecule has 0 radical (unpaired) electrons. The Labute approximate surface area is 116 Å². The van der Waals surface area contributed by atoms with Gasteiger partial charge in [0.15, 0.2) is 0 Å². The zero-order valence-corrected chi connectivity index (χ0v) is 11.9. The molecule has 0 spiro atoms. The van der Waals surface area contributed by atoms with Crippen molar-refractivity contribution in [2.24, 2.45) is 0 Å². The van der Waals surface area contributed by atoms with Crippen LogP contribution in [-0.4, -0.2) is 60.5 Å². The van der Waals surface area contributed by atoms with E-state index in [1.807, 2.05) is 11.8 Å². The number of hydrogen-bond donors (Lipinski definition) is 1. The van der Waals surface area contributed by atoms with Crippen molar-refractivity contribution in [3.8, 4) is 12.3 Å². The van der Waals surface area contributed by atoms with Gasteiger partial charge in [-0.25, -0.2) is 0 Å². The molecule has 0 aromatic carbocycles. The van der Waals surface area contributed by atoms with E-state index in [0.29, 0.717) is 6.04 Å². The maximum Gasteiger partial charge on any atom is 0.239 e. The van der Waals surface area contributed by atoms with Crippen molar-refractivity contribution < 1.29 is 4.79 Å². The summed E-state index contributed by atoms with van der Waals surface area (Å²) in [5.74, 6) is 2.96. The molecule has 0 saturated carbocycles. The van der Waals surface area contributed by atoms with Gasteiger partial charge in [-0.3, -0.25) is 9.69 Å². The molecule has 1 N–H and O–H groups in total. The van der Waals surface area contributed by atoms with Crippen LogP contribution >= 0.6 is 0 Å². The normalized spacial score (nSPS) is 23.3. The van der Waals surface area contributed by atoms with Gasteiger partial charge in [0, 0.05) is 32.2 Å². The van der Waals surface area contributed by atoms with Crippen LogP contribution in [0.2, 0.25) is 0 Å². The van der Waals surface area contributed by atoms with Gasteiger partial charge in [-0.05, 0) is 32.6 Å². The van der Waals surface area contributed by atoms with Crippen molar-refractivity contribution in [3.63, 3.8) is 0 Å². The van der Waals surface area contributed by atoms with Crippen LogP contribution in [0.3, 0.4) is 0 Å². The molecule has 2 rings (SSSR count). The summed E-state index contributed by atoms with van der Waals surface area (Å²) in [6.07, 6.45) is 9.80. The summed E-state index contributed by atoms with van der Waals surface area (Å²) in [5, 5.41) is 3.49. The van der Waals surface area contributed by atoms with Crippen LogP contribution in [0.4, 0.5) is 0 Å². The largest absolute Gasteiger partial charge is 0.341 e. The number of nitrogens with one attached hydrogen (secondary N) is 1. The van der Waals surface area contributed by atoms with Crippen LogP contribution in [0.15, 0.2) is 0 Å². The Balaban J connectivity index is 1.72. The molecule has 4 nitrogen and oxygen atoms in total. The van der Waals surface area contributed by atoms with Gasteiger partial charge in [-0.2, -0.15) is 0 Å². The molecule has 4 heteroatoms. The monoisotopic (exact) mass is 263 g/mol. The van der Waals surface area contributed by atoms with Gasteiger partial charge in [-0.15, -0.1) is 6.42 Å². The van der Waals surface area contributed by atoms with Crippen LogP contribution in [0.5, 0.6) is 0 Å². The molecule has 0 aromatic heterocycles. The number of carbonyl (C=O) groups excluding carboxylic acids is 1. The van der Waals surface area contributed by atoms with E-state index < -0.39 is 0 Å². The third kappa shape index (κ3) is 3.95. The van der Waals surface area contributed by atoms with E-state index in [2.05, 4.69) is 16.1 Å². The highest BCUT2D eigenvalue weighted by Crippen LogP contribution is 2.13. The Hall–Kier alpha value is -1.05. The fourth-order valence-electron chi connectivity index (χ4n) is 3.02. The third-order valence-corrected chi connectivity index (χ3v) is 4.18. The van der Waals surface area contributed by atoms with Crippen molar-refractivity contribution in [1.82, 2.24) is 15.1 Å². The van der Waals surface area contributed by atoms with Crippen molar-refractivity contribution in [2.75, 3.05) is 32.7 Å². The highest BCUT2D eigenvalue weighted by atomic mass is 16.2. The summed E-state index contributed by atoms with van der Waals surface area (Å²) in [5.41, 5.74) is 0. The lowest BCUT2D eigenvalue weighted by atomic mass is 10.0. The van der Waals surface area contributed by atoms with Gasteiger partial charge in [0.25, 0.3) is 0 Å². The van der Waals surface area contributed by atoms with Crippen LogP contribution < -0.4 is 5.32 Å². The molecular weight excluding hydrogens is 238 g/mol. The average molecular weight is 263 g/mol. The molecule has 2 fully saturated rings. The number of rotatable bonds is 4. The number of piperidine rings is 1. The van der Waals surface area contributed by atoms with Gasteiger partial charge in [0.05, 0.1) is 12.6 Å². The number of amides is 1. The minimum absolute atomic E-state index is 0.0534. The van der Waals surface area contributed by atoms with Crippen LogP contribution in [0.25, 0.3) is 0 Å². The molecule has 1 atom stereocenters. The second kappa shape index (κ2) is 6.93. The topological polar surface area (TPSA) is 35.6 Å². The lowest BCUT2D eigenvalue weighted by molar-refractivity contribution is -0.132. The van der Waals surface area contributed by atoms with E-state index in [1.165, 1.54) is 0 Å². The minimum Gasteiger partial charge on any atom is -0.341 e. The molecule has 0 bridgehead atoms. The van der Waals surface area contributed by atoms with E-state index in [4.69, 9.17) is 6.42 Å². The summed E-state index contributed by atoms with van der Waals surface area (Å²) in [6.45, 7) is 6.68. The molecule has 1 amide bonds. The van der Waals surface area contributed by atoms with Crippen molar-refractivity contribution in [3.05, 3.63) is 0 Å². The summed E-state index contributed by atoms with van der Waals surface area (Å²) in [4.78, 5) is 16.5. The van der Waals surface area contributed by atoms with E-state index in [9.17, 15) is 4.79 Å². The minimum atomic E-state index is -0.0534. The van der Waals surface area contributed by atoms with E-state index in [-0.39, 0.29) is 11.9 Å². The standard InChI is InChI=1S/C15H25N3O/c1-3-8-17-11-6-14(7-12-17)16-13(2)15(19)18-9-4-5-10-18/h1,13-14,16H,4-12H2,2H3. The van der Waals surface area contributed by atoms with E-state index >= 15 is 0 Å². The maximum atomic E-state index is 12.2. The Morgan fingerprint density at radius 1 is 1.32 bits per heavy atom. The van der Waals surface area contributed by atoms with Gasteiger partial charge < -0.3 is 10.2 Å². The second-order valence-corrected chi connectivity index (χ2v) is 5.68. The molecular formula is C15H25N3O. The first-order chi connectivity index (χ1) is 9.20. The Kier molecular flexibility index (Phi) is 5.24. The summed E-state index contributed by atoms with van der Waals surface area (Å²) in [7, 11) is 0. The third-order valence-electron chi connectivity index (χ3n) is 4.18. The Morgan fingerprint density at radius 3 is 2.53 bits per heavy atom. The first-order valence-corrected chi connectivity index (χ1v) is 7.41. The molecule has 0 aliphatic carbocycles. The molecule has 0 aromatic rings.